The highest BCUT2D eigenvalue weighted by atomic mass is 79.9. The van der Waals surface area contributed by atoms with Crippen LogP contribution in [0.25, 0.3) is 9.75 Å². The standard InChI is InChI=1S/C26H19BrS2Si/c27-25-18-16-23(28-25)24-17-19-26(29-24)30(20-10-4-1-5-11-20,21-12-6-2-7-13-21)22-14-8-3-9-15-22/h1-19H. The highest BCUT2D eigenvalue weighted by Gasteiger charge is 2.42. The molecule has 0 nitrogen and oxygen atoms in total. The second kappa shape index (κ2) is 8.48. The molecule has 0 saturated carbocycles. The van der Waals surface area contributed by atoms with Gasteiger partial charge >= 0.3 is 0 Å². The van der Waals surface area contributed by atoms with E-state index in [9.17, 15) is 0 Å². The first-order chi connectivity index (χ1) is 14.8. The van der Waals surface area contributed by atoms with E-state index in [4.69, 9.17) is 0 Å². The van der Waals surface area contributed by atoms with Crippen molar-refractivity contribution < 1.29 is 0 Å². The lowest BCUT2D eigenvalue weighted by Crippen LogP contribution is -2.74. The van der Waals surface area contributed by atoms with Crippen molar-refractivity contribution in [2.24, 2.45) is 0 Å². The van der Waals surface area contributed by atoms with Crippen molar-refractivity contribution in [2.75, 3.05) is 0 Å². The van der Waals surface area contributed by atoms with Crippen LogP contribution in [0.1, 0.15) is 0 Å². The van der Waals surface area contributed by atoms with Gasteiger partial charge in [-0.25, -0.2) is 0 Å². The quantitative estimate of drug-likeness (QED) is 0.216. The first-order valence-corrected chi connectivity index (χ1v) is 14.2. The number of benzene rings is 3. The average molecular weight is 504 g/mol. The first kappa shape index (κ1) is 19.7. The van der Waals surface area contributed by atoms with Crippen LogP contribution in [0, 0.1) is 0 Å². The molecule has 5 aromatic rings. The first-order valence-electron chi connectivity index (χ1n) is 9.81. The lowest BCUT2D eigenvalue weighted by Gasteiger charge is -2.32. The van der Waals surface area contributed by atoms with Crippen LogP contribution in [-0.2, 0) is 0 Å². The molecule has 3 aromatic carbocycles. The molecule has 0 spiro atoms. The van der Waals surface area contributed by atoms with Crippen LogP contribution >= 0.6 is 38.6 Å². The largest absolute Gasteiger partial charge is 0.191 e. The summed E-state index contributed by atoms with van der Waals surface area (Å²) in [7, 11) is -2.39. The van der Waals surface area contributed by atoms with E-state index >= 15 is 0 Å². The Labute approximate surface area is 194 Å². The van der Waals surface area contributed by atoms with Crippen LogP contribution in [0.2, 0.25) is 0 Å². The molecule has 4 heteroatoms. The van der Waals surface area contributed by atoms with Gasteiger partial charge in [0, 0.05) is 14.3 Å². The maximum absolute atomic E-state index is 3.62. The van der Waals surface area contributed by atoms with Crippen molar-refractivity contribution in [1.82, 2.24) is 0 Å². The lowest BCUT2D eigenvalue weighted by molar-refractivity contribution is 1.69. The Morgan fingerprint density at radius 1 is 0.467 bits per heavy atom. The average Bonchev–Trinajstić information content (AvgIpc) is 3.46. The molecular formula is C26H19BrS2Si. The zero-order valence-electron chi connectivity index (χ0n) is 16.2. The molecule has 0 aliphatic carbocycles. The van der Waals surface area contributed by atoms with Gasteiger partial charge in [-0.2, -0.15) is 0 Å². The summed E-state index contributed by atoms with van der Waals surface area (Å²) in [6.45, 7) is 0. The van der Waals surface area contributed by atoms with E-state index in [0.29, 0.717) is 0 Å². The fourth-order valence-corrected chi connectivity index (χ4v) is 12.6. The second-order valence-corrected chi connectivity index (χ2v) is 14.8. The Hall–Kier alpha value is -2.24. The minimum atomic E-state index is -2.39. The van der Waals surface area contributed by atoms with E-state index in [0.717, 1.165) is 0 Å². The summed E-state index contributed by atoms with van der Waals surface area (Å²) >= 11 is 7.35. The Kier molecular flexibility index (Phi) is 5.57. The Bertz CT molecular complexity index is 1150. The Balaban J connectivity index is 1.82. The van der Waals surface area contributed by atoms with Crippen LogP contribution in [0.15, 0.2) is 119 Å². The van der Waals surface area contributed by atoms with E-state index in [1.165, 1.54) is 33.6 Å². The van der Waals surface area contributed by atoms with Gasteiger partial charge in [0.1, 0.15) is 0 Å². The zero-order chi connectivity index (χ0) is 20.4. The highest BCUT2D eigenvalue weighted by molar-refractivity contribution is 9.11. The van der Waals surface area contributed by atoms with Crippen molar-refractivity contribution >= 4 is 66.7 Å². The molecular weight excluding hydrogens is 484 g/mol. The fraction of sp³-hybridized carbons (Fsp3) is 0. The zero-order valence-corrected chi connectivity index (χ0v) is 20.4. The molecule has 0 aliphatic heterocycles. The number of halogens is 1. The molecule has 30 heavy (non-hydrogen) atoms. The molecule has 2 heterocycles. The predicted octanol–water partition coefficient (Wildman–Crippen LogP) is 5.62. The molecule has 5 rings (SSSR count). The van der Waals surface area contributed by atoms with Gasteiger partial charge in [0.2, 0.25) is 0 Å². The smallest absolute Gasteiger partial charge is 0.143 e. The van der Waals surface area contributed by atoms with Gasteiger partial charge in [0.15, 0.2) is 8.07 Å². The van der Waals surface area contributed by atoms with Gasteiger partial charge in [0.05, 0.1) is 3.79 Å². The third-order valence-corrected chi connectivity index (χ3v) is 13.9. The summed E-state index contributed by atoms with van der Waals surface area (Å²) in [5, 5.41) is 4.26. The minimum absolute atomic E-state index is 1.17. The molecule has 0 bridgehead atoms. The summed E-state index contributed by atoms with van der Waals surface area (Å²) in [6.07, 6.45) is 0. The van der Waals surface area contributed by atoms with Crippen molar-refractivity contribution in [2.45, 2.75) is 0 Å². The van der Waals surface area contributed by atoms with E-state index < -0.39 is 8.07 Å². The molecule has 0 aliphatic rings. The molecule has 0 unspecified atom stereocenters. The Morgan fingerprint density at radius 2 is 0.900 bits per heavy atom. The fourth-order valence-electron chi connectivity index (χ4n) is 4.11. The van der Waals surface area contributed by atoms with Crippen LogP contribution in [0.5, 0.6) is 0 Å². The van der Waals surface area contributed by atoms with E-state index in [1.54, 1.807) is 11.3 Å². The van der Waals surface area contributed by atoms with Crippen LogP contribution in [0.4, 0.5) is 0 Å². The predicted molar refractivity (Wildman–Crippen MR) is 139 cm³/mol. The third kappa shape index (κ3) is 3.44. The van der Waals surface area contributed by atoms with E-state index in [-0.39, 0.29) is 0 Å². The molecule has 0 atom stereocenters. The monoisotopic (exact) mass is 502 g/mol. The molecule has 0 radical (unpaired) electrons. The molecule has 146 valence electrons. The summed E-state index contributed by atoms with van der Waals surface area (Å²) in [6, 6.07) is 42.3. The number of hydrogen-bond acceptors (Lipinski definition) is 2. The maximum atomic E-state index is 3.62. The van der Waals surface area contributed by atoms with Gasteiger partial charge in [-0.3, -0.25) is 0 Å². The second-order valence-electron chi connectivity index (χ2n) is 7.12. The number of thiophene rings is 2. The summed E-state index contributed by atoms with van der Waals surface area (Å²) < 4.78 is 2.63. The van der Waals surface area contributed by atoms with Crippen LogP contribution < -0.4 is 20.1 Å². The third-order valence-electron chi connectivity index (χ3n) is 5.41. The summed E-state index contributed by atoms with van der Waals surface area (Å²) in [4.78, 5) is 2.65. The maximum Gasteiger partial charge on any atom is 0.191 e. The van der Waals surface area contributed by atoms with Gasteiger partial charge in [-0.15, -0.1) is 22.7 Å². The van der Waals surface area contributed by atoms with Crippen molar-refractivity contribution in [3.05, 3.63) is 119 Å². The van der Waals surface area contributed by atoms with Crippen LogP contribution in [0.3, 0.4) is 0 Å². The van der Waals surface area contributed by atoms with E-state index in [1.807, 2.05) is 11.3 Å². The molecule has 0 saturated heterocycles. The van der Waals surface area contributed by atoms with Gasteiger partial charge < -0.3 is 0 Å². The Morgan fingerprint density at radius 3 is 1.33 bits per heavy atom. The lowest BCUT2D eigenvalue weighted by atomic mass is 10.3. The van der Waals surface area contributed by atoms with Crippen molar-refractivity contribution in [1.29, 1.82) is 0 Å². The highest BCUT2D eigenvalue weighted by Crippen LogP contribution is 2.34. The summed E-state index contributed by atoms with van der Waals surface area (Å²) in [5.41, 5.74) is 0. The normalized spacial score (nSPS) is 11.5. The molecule has 0 amide bonds. The summed E-state index contributed by atoms with van der Waals surface area (Å²) in [5.74, 6) is 0. The van der Waals surface area contributed by atoms with Gasteiger partial charge in [0.25, 0.3) is 0 Å². The molecule has 0 N–H and O–H groups in total. The van der Waals surface area contributed by atoms with Crippen molar-refractivity contribution in [3.63, 3.8) is 0 Å². The SMILES string of the molecule is Brc1ccc(-c2ccc([Si](c3ccccc3)(c3ccccc3)c3ccccc3)s2)s1. The topological polar surface area (TPSA) is 0 Å². The van der Waals surface area contributed by atoms with Gasteiger partial charge in [-0.1, -0.05) is 97.1 Å². The van der Waals surface area contributed by atoms with Crippen molar-refractivity contribution in [3.8, 4) is 9.75 Å². The number of hydrogen-bond donors (Lipinski definition) is 0. The minimum Gasteiger partial charge on any atom is -0.143 e. The van der Waals surface area contributed by atoms with Crippen LogP contribution in [-0.4, -0.2) is 8.07 Å². The van der Waals surface area contributed by atoms with E-state index in [2.05, 4.69) is 131 Å². The molecule has 0 fully saturated rings. The molecule has 2 aromatic heterocycles. The van der Waals surface area contributed by atoms with Gasteiger partial charge in [-0.05, 0) is 49.7 Å². The number of rotatable bonds is 5.